The van der Waals surface area contributed by atoms with E-state index in [-0.39, 0.29) is 4.90 Å². The second-order valence-corrected chi connectivity index (χ2v) is 6.36. The molecule has 0 aliphatic carbocycles. The quantitative estimate of drug-likeness (QED) is 0.816. The highest BCUT2D eigenvalue weighted by molar-refractivity contribution is 8.13. The zero-order valence-corrected chi connectivity index (χ0v) is 10.9. The van der Waals surface area contributed by atoms with Gasteiger partial charge in [-0.3, -0.25) is 4.68 Å². The van der Waals surface area contributed by atoms with Crippen molar-refractivity contribution < 1.29 is 8.42 Å². The van der Waals surface area contributed by atoms with Gasteiger partial charge < -0.3 is 0 Å². The van der Waals surface area contributed by atoms with Gasteiger partial charge in [0.2, 0.25) is 0 Å². The molecule has 0 unspecified atom stereocenters. The predicted octanol–water partition coefficient (Wildman–Crippen LogP) is 2.51. The predicted molar refractivity (Wildman–Crippen MR) is 65.8 cm³/mol. The molecule has 2 aromatic rings. The summed E-state index contributed by atoms with van der Waals surface area (Å²) in [5.41, 5.74) is 0.549. The van der Waals surface area contributed by atoms with Gasteiger partial charge in [-0.15, -0.1) is 0 Å². The van der Waals surface area contributed by atoms with Gasteiger partial charge in [-0.2, -0.15) is 5.10 Å². The maximum absolute atomic E-state index is 11.4. The Labute approximate surface area is 108 Å². The van der Waals surface area contributed by atoms with Crippen LogP contribution in [0.2, 0.25) is 5.02 Å². The largest absolute Gasteiger partial charge is 0.268 e. The smallest absolute Gasteiger partial charge is 0.261 e. The van der Waals surface area contributed by atoms with Crippen LogP contribution in [0.3, 0.4) is 0 Å². The van der Waals surface area contributed by atoms with E-state index in [4.69, 9.17) is 22.3 Å². The Morgan fingerprint density at radius 1 is 1.35 bits per heavy atom. The molecule has 4 nitrogen and oxygen atoms in total. The molecule has 0 fully saturated rings. The minimum Gasteiger partial charge on any atom is -0.268 e. The third-order valence-corrected chi connectivity index (χ3v) is 3.82. The van der Waals surface area contributed by atoms with Gasteiger partial charge >= 0.3 is 0 Å². The molecule has 0 aliphatic rings. The fourth-order valence-corrected chi connectivity index (χ4v) is 2.84. The number of aromatic nitrogens is 2. The number of hydrogen-bond donors (Lipinski definition) is 0. The molecular weight excluding hydrogens is 283 g/mol. The lowest BCUT2D eigenvalue weighted by atomic mass is 10.2. The molecule has 0 atom stereocenters. The highest BCUT2D eigenvalue weighted by Crippen LogP contribution is 2.24. The van der Waals surface area contributed by atoms with Crippen LogP contribution < -0.4 is 0 Å². The van der Waals surface area contributed by atoms with Gasteiger partial charge in [-0.1, -0.05) is 17.7 Å². The van der Waals surface area contributed by atoms with Crippen LogP contribution >= 0.6 is 22.3 Å². The van der Waals surface area contributed by atoms with Crippen LogP contribution in [0.4, 0.5) is 0 Å². The van der Waals surface area contributed by atoms with Crippen molar-refractivity contribution in [1.29, 1.82) is 0 Å². The SMILES string of the molecule is O=S(=O)(Cl)c1cc(Cl)ccc1Cn1cccn1. The van der Waals surface area contributed by atoms with E-state index in [1.165, 1.54) is 6.07 Å². The van der Waals surface area contributed by atoms with Crippen molar-refractivity contribution in [1.82, 2.24) is 9.78 Å². The van der Waals surface area contributed by atoms with Crippen molar-refractivity contribution in [2.45, 2.75) is 11.4 Å². The second-order valence-electron chi connectivity index (χ2n) is 3.39. The Morgan fingerprint density at radius 2 is 2.12 bits per heavy atom. The standard InChI is InChI=1S/C10H8Cl2N2O2S/c11-9-3-2-8(7-14-5-1-4-13-14)10(6-9)17(12,15)16/h1-6H,7H2. The summed E-state index contributed by atoms with van der Waals surface area (Å²) < 4.78 is 24.4. The monoisotopic (exact) mass is 290 g/mol. The molecule has 0 saturated heterocycles. The van der Waals surface area contributed by atoms with Gasteiger partial charge in [0.25, 0.3) is 9.05 Å². The molecule has 0 bridgehead atoms. The van der Waals surface area contributed by atoms with E-state index in [1.54, 1.807) is 35.3 Å². The van der Waals surface area contributed by atoms with Crippen LogP contribution in [0.1, 0.15) is 5.56 Å². The first kappa shape index (κ1) is 12.4. The van der Waals surface area contributed by atoms with E-state index in [0.717, 1.165) is 0 Å². The van der Waals surface area contributed by atoms with Crippen LogP contribution in [0.15, 0.2) is 41.6 Å². The Kier molecular flexibility index (Phi) is 3.42. The highest BCUT2D eigenvalue weighted by atomic mass is 35.7. The lowest BCUT2D eigenvalue weighted by Crippen LogP contribution is -2.05. The fraction of sp³-hybridized carbons (Fsp3) is 0.100. The molecule has 17 heavy (non-hydrogen) atoms. The van der Waals surface area contributed by atoms with E-state index in [9.17, 15) is 8.42 Å². The van der Waals surface area contributed by atoms with E-state index in [2.05, 4.69) is 5.10 Å². The van der Waals surface area contributed by atoms with Crippen LogP contribution in [0.25, 0.3) is 0 Å². The van der Waals surface area contributed by atoms with Gasteiger partial charge in [0, 0.05) is 28.1 Å². The lowest BCUT2D eigenvalue weighted by molar-refractivity contribution is 0.606. The van der Waals surface area contributed by atoms with E-state index < -0.39 is 9.05 Å². The number of hydrogen-bond acceptors (Lipinski definition) is 3. The van der Waals surface area contributed by atoms with Crippen molar-refractivity contribution in [2.75, 3.05) is 0 Å². The minimum absolute atomic E-state index is 0.0159. The summed E-state index contributed by atoms with van der Waals surface area (Å²) in [6.07, 6.45) is 3.35. The third-order valence-electron chi connectivity index (χ3n) is 2.18. The zero-order valence-electron chi connectivity index (χ0n) is 8.55. The molecule has 1 aromatic carbocycles. The molecule has 0 amide bonds. The van der Waals surface area contributed by atoms with Crippen LogP contribution in [0.5, 0.6) is 0 Å². The van der Waals surface area contributed by atoms with Crippen LogP contribution in [-0.2, 0) is 15.6 Å². The summed E-state index contributed by atoms with van der Waals surface area (Å²) in [6.45, 7) is 0.325. The van der Waals surface area contributed by atoms with Crippen molar-refractivity contribution >= 4 is 31.3 Å². The molecule has 0 N–H and O–H groups in total. The minimum atomic E-state index is -3.81. The normalized spacial score (nSPS) is 11.6. The van der Waals surface area contributed by atoms with E-state index >= 15 is 0 Å². The average Bonchev–Trinajstić information content (AvgIpc) is 2.72. The number of halogens is 2. The van der Waals surface area contributed by atoms with Gasteiger partial charge in [0.05, 0.1) is 11.4 Å². The van der Waals surface area contributed by atoms with Crippen LogP contribution in [0, 0.1) is 0 Å². The summed E-state index contributed by atoms with van der Waals surface area (Å²) in [5, 5.41) is 4.33. The van der Waals surface area contributed by atoms with Gasteiger partial charge in [0.15, 0.2) is 0 Å². The number of benzene rings is 1. The summed E-state index contributed by atoms with van der Waals surface area (Å²) in [7, 11) is 1.55. The first-order valence-electron chi connectivity index (χ1n) is 4.67. The van der Waals surface area contributed by atoms with Gasteiger partial charge in [-0.25, -0.2) is 8.42 Å². The van der Waals surface area contributed by atoms with Crippen molar-refractivity contribution in [3.05, 3.63) is 47.2 Å². The molecule has 0 spiro atoms. The van der Waals surface area contributed by atoms with E-state index in [0.29, 0.717) is 17.1 Å². The topological polar surface area (TPSA) is 52.0 Å². The lowest BCUT2D eigenvalue weighted by Gasteiger charge is -2.07. The molecule has 0 saturated carbocycles. The van der Waals surface area contributed by atoms with Crippen molar-refractivity contribution in [3.8, 4) is 0 Å². The van der Waals surface area contributed by atoms with E-state index in [1.807, 2.05) is 0 Å². The average molecular weight is 291 g/mol. The molecule has 0 radical (unpaired) electrons. The fourth-order valence-electron chi connectivity index (χ4n) is 1.45. The zero-order chi connectivity index (χ0) is 12.5. The maximum atomic E-state index is 11.4. The molecular formula is C10H8Cl2N2O2S. The first-order valence-corrected chi connectivity index (χ1v) is 7.36. The van der Waals surface area contributed by atoms with Gasteiger partial charge in [0.1, 0.15) is 0 Å². The molecule has 1 aromatic heterocycles. The summed E-state index contributed by atoms with van der Waals surface area (Å²) in [6, 6.07) is 6.33. The molecule has 1 heterocycles. The molecule has 90 valence electrons. The maximum Gasteiger partial charge on any atom is 0.261 e. The first-order chi connectivity index (χ1) is 7.97. The highest BCUT2D eigenvalue weighted by Gasteiger charge is 2.16. The Hall–Kier alpha value is -1.04. The third kappa shape index (κ3) is 3.00. The molecule has 7 heteroatoms. The van der Waals surface area contributed by atoms with Gasteiger partial charge in [-0.05, 0) is 23.8 Å². The molecule has 0 aliphatic heterocycles. The Bertz CT molecular complexity index is 624. The Balaban J connectivity index is 2.47. The summed E-state index contributed by atoms with van der Waals surface area (Å²) in [5.74, 6) is 0. The summed E-state index contributed by atoms with van der Waals surface area (Å²) >= 11 is 5.76. The number of rotatable bonds is 3. The molecule has 2 rings (SSSR count). The van der Waals surface area contributed by atoms with Crippen molar-refractivity contribution in [3.63, 3.8) is 0 Å². The Morgan fingerprint density at radius 3 is 2.71 bits per heavy atom. The second kappa shape index (κ2) is 4.68. The van der Waals surface area contributed by atoms with Crippen molar-refractivity contribution in [2.24, 2.45) is 0 Å². The number of nitrogens with zero attached hydrogens (tertiary/aromatic N) is 2. The summed E-state index contributed by atoms with van der Waals surface area (Å²) in [4.78, 5) is 0.0159. The van der Waals surface area contributed by atoms with Crippen LogP contribution in [-0.4, -0.2) is 18.2 Å².